The molecule has 0 saturated heterocycles. The van der Waals surface area contributed by atoms with Crippen LogP contribution in [0.1, 0.15) is 11.3 Å². The van der Waals surface area contributed by atoms with E-state index in [1.54, 1.807) is 36.7 Å². The molecular formula is C21H12ClN5O2S. The van der Waals surface area contributed by atoms with Crippen molar-refractivity contribution in [2.75, 3.05) is 0 Å². The standard InChI is InChI=1S/C21H12ClN5O2S/c22-16-6-2-1-5-14(16)17-8-7-13(29-17)10-15-18(23)27-21(25-19(15)28)30-20(26-27)12-4-3-9-24-11-12/h1-11,23H. The molecule has 1 amide bonds. The van der Waals surface area contributed by atoms with Crippen LogP contribution in [0, 0.1) is 5.41 Å². The summed E-state index contributed by atoms with van der Waals surface area (Å²) in [7, 11) is 0. The molecule has 0 atom stereocenters. The van der Waals surface area contributed by atoms with Crippen molar-refractivity contribution in [2.45, 2.75) is 0 Å². The van der Waals surface area contributed by atoms with Crippen LogP contribution in [-0.4, -0.2) is 31.9 Å². The highest BCUT2D eigenvalue weighted by molar-refractivity contribution is 8.27. The molecular weight excluding hydrogens is 422 g/mol. The van der Waals surface area contributed by atoms with Crippen molar-refractivity contribution in [3.8, 4) is 11.3 Å². The van der Waals surface area contributed by atoms with Gasteiger partial charge in [-0.1, -0.05) is 23.7 Å². The quantitative estimate of drug-likeness (QED) is 0.606. The molecule has 2 aliphatic heterocycles. The number of benzene rings is 1. The van der Waals surface area contributed by atoms with E-state index in [2.05, 4.69) is 15.1 Å². The lowest BCUT2D eigenvalue weighted by Gasteiger charge is -2.19. The molecule has 0 saturated carbocycles. The first kappa shape index (κ1) is 18.5. The number of nitrogens with zero attached hydrogens (tertiary/aromatic N) is 4. The minimum absolute atomic E-state index is 0.0629. The molecule has 0 unspecified atom stereocenters. The summed E-state index contributed by atoms with van der Waals surface area (Å²) in [5, 5.41) is 15.8. The molecule has 3 aromatic rings. The van der Waals surface area contributed by atoms with E-state index in [0.29, 0.717) is 26.8 Å². The van der Waals surface area contributed by atoms with Gasteiger partial charge in [0.1, 0.15) is 16.6 Å². The lowest BCUT2D eigenvalue weighted by molar-refractivity contribution is -0.114. The van der Waals surface area contributed by atoms with Gasteiger partial charge in [0.25, 0.3) is 5.91 Å². The van der Waals surface area contributed by atoms with Crippen molar-refractivity contribution in [3.63, 3.8) is 0 Å². The van der Waals surface area contributed by atoms with E-state index in [0.717, 1.165) is 11.1 Å². The van der Waals surface area contributed by atoms with Crippen molar-refractivity contribution < 1.29 is 9.21 Å². The van der Waals surface area contributed by atoms with Gasteiger partial charge >= 0.3 is 0 Å². The number of hydrogen-bond donors (Lipinski definition) is 1. The van der Waals surface area contributed by atoms with Crippen molar-refractivity contribution >= 4 is 51.4 Å². The Balaban J connectivity index is 1.46. The number of hydrazone groups is 1. The molecule has 146 valence electrons. The number of thioether (sulfide) groups is 1. The Bertz CT molecular complexity index is 1280. The van der Waals surface area contributed by atoms with Crippen LogP contribution in [-0.2, 0) is 4.79 Å². The summed E-state index contributed by atoms with van der Waals surface area (Å²) in [6, 6.07) is 14.5. The lowest BCUT2D eigenvalue weighted by Crippen LogP contribution is -2.35. The molecule has 30 heavy (non-hydrogen) atoms. The van der Waals surface area contributed by atoms with E-state index in [4.69, 9.17) is 21.4 Å². The summed E-state index contributed by atoms with van der Waals surface area (Å²) in [4.78, 5) is 20.7. The third kappa shape index (κ3) is 3.26. The average molecular weight is 434 g/mol. The second kappa shape index (κ2) is 7.40. The zero-order valence-electron chi connectivity index (χ0n) is 15.2. The van der Waals surface area contributed by atoms with Gasteiger partial charge in [-0.05, 0) is 54.2 Å². The number of halogens is 1. The maximum absolute atomic E-state index is 12.6. The number of aliphatic imine (C=N–C) groups is 1. The topological polar surface area (TPSA) is 94.9 Å². The summed E-state index contributed by atoms with van der Waals surface area (Å²) in [5.41, 5.74) is 1.63. The fraction of sp³-hybridized carbons (Fsp3) is 0. The third-order valence-corrected chi connectivity index (χ3v) is 5.70. The number of amidine groups is 2. The number of amides is 1. The Morgan fingerprint density at radius 1 is 1.13 bits per heavy atom. The van der Waals surface area contributed by atoms with E-state index >= 15 is 0 Å². The molecule has 0 aliphatic carbocycles. The molecule has 9 heteroatoms. The molecule has 4 heterocycles. The molecule has 7 nitrogen and oxygen atoms in total. The highest BCUT2D eigenvalue weighted by Gasteiger charge is 2.36. The Kier molecular flexibility index (Phi) is 4.57. The van der Waals surface area contributed by atoms with Gasteiger partial charge < -0.3 is 4.42 Å². The Morgan fingerprint density at radius 3 is 2.80 bits per heavy atom. The molecule has 0 radical (unpaired) electrons. The number of rotatable bonds is 3. The van der Waals surface area contributed by atoms with Gasteiger partial charge in [-0.25, -0.2) is 0 Å². The van der Waals surface area contributed by atoms with Crippen molar-refractivity contribution in [1.82, 2.24) is 9.99 Å². The van der Waals surface area contributed by atoms with Crippen LogP contribution in [0.5, 0.6) is 0 Å². The summed E-state index contributed by atoms with van der Waals surface area (Å²) in [5.74, 6) is 0.407. The zero-order chi connectivity index (χ0) is 20.7. The largest absolute Gasteiger partial charge is 0.457 e. The maximum Gasteiger partial charge on any atom is 0.283 e. The highest BCUT2D eigenvalue weighted by Crippen LogP contribution is 2.32. The molecule has 1 N–H and O–H groups in total. The molecule has 1 aromatic carbocycles. The molecule has 0 spiro atoms. The third-order valence-electron chi connectivity index (χ3n) is 4.42. The van der Waals surface area contributed by atoms with Crippen molar-refractivity contribution in [1.29, 1.82) is 5.41 Å². The van der Waals surface area contributed by atoms with Crippen LogP contribution < -0.4 is 0 Å². The van der Waals surface area contributed by atoms with Gasteiger partial charge in [0.05, 0.1) is 10.6 Å². The molecule has 2 aromatic heterocycles. The summed E-state index contributed by atoms with van der Waals surface area (Å²) < 4.78 is 5.83. The Labute approximate surface area is 180 Å². The molecule has 2 aliphatic rings. The highest BCUT2D eigenvalue weighted by atomic mass is 35.5. The van der Waals surface area contributed by atoms with Crippen LogP contribution in [0.3, 0.4) is 0 Å². The van der Waals surface area contributed by atoms with E-state index < -0.39 is 5.91 Å². The number of aromatic nitrogens is 1. The smallest absolute Gasteiger partial charge is 0.283 e. The number of nitrogens with one attached hydrogen (secondary N) is 1. The fourth-order valence-corrected chi connectivity index (χ4v) is 4.09. The SMILES string of the molecule is N=C1C(=Cc2ccc(-c3ccccc3Cl)o2)C(=O)N=C2SC(c3cccnc3)=NN12. The summed E-state index contributed by atoms with van der Waals surface area (Å²) >= 11 is 7.45. The molecule has 0 fully saturated rings. The number of carbonyl (C=O) groups excluding carboxylic acids is 1. The number of hydrogen-bond acceptors (Lipinski definition) is 6. The lowest BCUT2D eigenvalue weighted by atomic mass is 10.1. The minimum Gasteiger partial charge on any atom is -0.457 e. The van der Waals surface area contributed by atoms with E-state index in [1.165, 1.54) is 22.8 Å². The Hall–Kier alpha value is -3.49. The monoisotopic (exact) mass is 433 g/mol. The van der Waals surface area contributed by atoms with Crippen molar-refractivity contribution in [2.24, 2.45) is 10.1 Å². The van der Waals surface area contributed by atoms with E-state index in [9.17, 15) is 4.79 Å². The number of furan rings is 1. The zero-order valence-corrected chi connectivity index (χ0v) is 16.8. The fourth-order valence-electron chi connectivity index (χ4n) is 2.98. The van der Waals surface area contributed by atoms with E-state index in [1.807, 2.05) is 24.3 Å². The van der Waals surface area contributed by atoms with Crippen molar-refractivity contribution in [3.05, 3.63) is 82.8 Å². The van der Waals surface area contributed by atoms with Crippen LogP contribution in [0.4, 0.5) is 0 Å². The van der Waals surface area contributed by atoms with E-state index in [-0.39, 0.29) is 11.4 Å². The van der Waals surface area contributed by atoms with Gasteiger partial charge in [-0.2, -0.15) is 15.1 Å². The molecule has 5 rings (SSSR count). The van der Waals surface area contributed by atoms with Crippen LogP contribution in [0.25, 0.3) is 17.4 Å². The second-order valence-electron chi connectivity index (χ2n) is 6.35. The summed E-state index contributed by atoms with van der Waals surface area (Å²) in [6.45, 7) is 0. The minimum atomic E-state index is -0.517. The van der Waals surface area contributed by atoms with Gasteiger partial charge in [-0.3, -0.25) is 15.2 Å². The summed E-state index contributed by atoms with van der Waals surface area (Å²) in [6.07, 6.45) is 4.83. The van der Waals surface area contributed by atoms with Gasteiger partial charge in [0.2, 0.25) is 5.17 Å². The van der Waals surface area contributed by atoms with Crippen LogP contribution >= 0.6 is 23.4 Å². The predicted molar refractivity (Wildman–Crippen MR) is 118 cm³/mol. The average Bonchev–Trinajstić information content (AvgIpc) is 3.39. The Morgan fingerprint density at radius 2 is 2.00 bits per heavy atom. The number of pyridine rings is 1. The number of carbonyl (C=O) groups is 1. The first-order chi connectivity index (χ1) is 14.6. The first-order valence-electron chi connectivity index (χ1n) is 8.85. The van der Waals surface area contributed by atoms with Gasteiger partial charge in [0, 0.05) is 23.5 Å². The van der Waals surface area contributed by atoms with Crippen LogP contribution in [0.2, 0.25) is 5.02 Å². The van der Waals surface area contributed by atoms with Gasteiger partial charge in [0.15, 0.2) is 5.84 Å². The van der Waals surface area contributed by atoms with Gasteiger partial charge in [-0.15, -0.1) is 0 Å². The predicted octanol–water partition coefficient (Wildman–Crippen LogP) is 4.66. The number of fused-ring (bicyclic) bond motifs is 1. The maximum atomic E-state index is 12.6. The second-order valence-corrected chi connectivity index (χ2v) is 7.71. The normalized spacial score (nSPS) is 17.2. The first-order valence-corrected chi connectivity index (χ1v) is 10.0. The van der Waals surface area contributed by atoms with Crippen LogP contribution in [0.15, 0.2) is 81.0 Å². The molecule has 0 bridgehead atoms.